The third kappa shape index (κ3) is 3.74. The fourth-order valence-corrected chi connectivity index (χ4v) is 9.39. The van der Waals surface area contributed by atoms with Gasteiger partial charge in [-0.15, -0.1) is 0 Å². The van der Waals surface area contributed by atoms with E-state index in [-0.39, 0.29) is 18.0 Å². The number of methoxy groups -OCH3 is 1. The van der Waals surface area contributed by atoms with Gasteiger partial charge in [-0.05, 0) is 61.8 Å². The molecule has 8 heteroatoms. The first-order valence-electron chi connectivity index (χ1n) is 13.9. The van der Waals surface area contributed by atoms with Gasteiger partial charge in [-0.1, -0.05) is 50.2 Å². The lowest BCUT2D eigenvalue weighted by atomic mass is 9.48. The van der Waals surface area contributed by atoms with Gasteiger partial charge in [0.25, 0.3) is 0 Å². The van der Waals surface area contributed by atoms with Crippen molar-refractivity contribution < 1.29 is 23.0 Å². The van der Waals surface area contributed by atoms with E-state index < -0.39 is 27.1 Å². The third-order valence-corrected chi connectivity index (χ3v) is 10.9. The second-order valence-electron chi connectivity index (χ2n) is 12.1. The number of sulfonamides is 1. The van der Waals surface area contributed by atoms with Crippen molar-refractivity contribution in [2.24, 2.45) is 5.92 Å². The summed E-state index contributed by atoms with van der Waals surface area (Å²) in [6.07, 6.45) is 4.36. The van der Waals surface area contributed by atoms with Crippen LogP contribution in [0, 0.1) is 5.92 Å². The van der Waals surface area contributed by atoms with Crippen molar-refractivity contribution in [3.05, 3.63) is 59.2 Å². The van der Waals surface area contributed by atoms with E-state index in [1.165, 1.54) is 17.4 Å². The molecule has 2 aromatic carbocycles. The minimum atomic E-state index is -3.48. The lowest BCUT2D eigenvalue weighted by molar-refractivity contribution is -0.196. The molecule has 1 saturated carbocycles. The highest BCUT2D eigenvalue weighted by atomic mass is 32.2. The molecule has 1 N–H and O–H groups in total. The van der Waals surface area contributed by atoms with Crippen LogP contribution in [0.15, 0.2) is 42.5 Å². The predicted molar refractivity (Wildman–Crippen MR) is 147 cm³/mol. The number of aliphatic hydroxyl groups is 1. The second-order valence-corrected chi connectivity index (χ2v) is 14.1. The fraction of sp³-hybridized carbons (Fsp3) is 0.600. The minimum Gasteiger partial charge on any atom is -0.493 e. The Labute approximate surface area is 226 Å². The van der Waals surface area contributed by atoms with E-state index in [2.05, 4.69) is 35.2 Å². The molecule has 206 valence electrons. The van der Waals surface area contributed by atoms with Gasteiger partial charge < -0.3 is 14.6 Å². The Morgan fingerprint density at radius 1 is 1.18 bits per heavy atom. The number of nitrogens with zero attached hydrogens (tertiary/aromatic N) is 2. The van der Waals surface area contributed by atoms with Gasteiger partial charge in [0.2, 0.25) is 10.0 Å². The Hall–Kier alpha value is -2.13. The van der Waals surface area contributed by atoms with Crippen LogP contribution in [0.4, 0.5) is 0 Å². The maximum absolute atomic E-state index is 13.1. The fourth-order valence-electron chi connectivity index (χ4n) is 8.11. The molecule has 2 fully saturated rings. The summed E-state index contributed by atoms with van der Waals surface area (Å²) >= 11 is 0. The Kier molecular flexibility index (Phi) is 6.34. The van der Waals surface area contributed by atoms with Gasteiger partial charge in [0.1, 0.15) is 6.10 Å². The summed E-state index contributed by atoms with van der Waals surface area (Å²) in [4.78, 5) is 2.48. The molecule has 6 rings (SSSR count). The smallest absolute Gasteiger partial charge is 0.211 e. The van der Waals surface area contributed by atoms with Gasteiger partial charge in [-0.25, -0.2) is 8.42 Å². The molecule has 5 atom stereocenters. The summed E-state index contributed by atoms with van der Waals surface area (Å²) < 4.78 is 40.4. The standard InChI is InChI=1S/C30H40N2O5S/c1-20(2)19-32(38(4,34)35)23-12-14-30(33)25-18-22-10-11-24(36-3)27-26(22)29(30,28(23)37-27)15-17-31(25)16-13-21-8-6-5-7-9-21/h5-11,20,23,25,28,33H,12-19H2,1-4H3/t23?,25-,28?,29+,30-/m1/s1. The van der Waals surface area contributed by atoms with Gasteiger partial charge in [-0.3, -0.25) is 4.90 Å². The van der Waals surface area contributed by atoms with Crippen LogP contribution in [0.5, 0.6) is 11.5 Å². The summed E-state index contributed by atoms with van der Waals surface area (Å²) in [5.41, 5.74) is 1.88. The summed E-state index contributed by atoms with van der Waals surface area (Å²) in [7, 11) is -1.84. The molecular formula is C30H40N2O5S. The second kappa shape index (κ2) is 9.22. The first-order chi connectivity index (χ1) is 18.1. The van der Waals surface area contributed by atoms with Crippen LogP contribution in [0.25, 0.3) is 0 Å². The molecule has 1 spiro atoms. The molecule has 4 aliphatic rings. The number of ether oxygens (including phenoxy) is 2. The zero-order valence-electron chi connectivity index (χ0n) is 22.9. The van der Waals surface area contributed by atoms with Crippen LogP contribution < -0.4 is 9.47 Å². The molecule has 38 heavy (non-hydrogen) atoms. The molecule has 7 nitrogen and oxygen atoms in total. The van der Waals surface area contributed by atoms with Crippen LogP contribution >= 0.6 is 0 Å². The van der Waals surface area contributed by atoms with Crippen LogP contribution in [0.2, 0.25) is 0 Å². The largest absolute Gasteiger partial charge is 0.493 e. The zero-order valence-corrected chi connectivity index (χ0v) is 23.7. The van der Waals surface area contributed by atoms with E-state index in [9.17, 15) is 13.5 Å². The molecule has 0 amide bonds. The summed E-state index contributed by atoms with van der Waals surface area (Å²) in [5.74, 6) is 1.54. The van der Waals surface area contributed by atoms with Gasteiger partial charge in [0.05, 0.1) is 30.4 Å². The number of piperidine rings is 1. The van der Waals surface area contributed by atoms with Crippen LogP contribution in [-0.2, 0) is 28.3 Å². The summed E-state index contributed by atoms with van der Waals surface area (Å²) in [6, 6.07) is 14.2. The number of rotatable bonds is 8. The van der Waals surface area contributed by atoms with E-state index in [0.717, 1.165) is 37.9 Å². The first-order valence-corrected chi connectivity index (χ1v) is 15.8. The first kappa shape index (κ1) is 26.1. The SMILES string of the molecule is COc1ccc2c3c1OC1C(N(CC(C)C)S(C)(=O)=O)CC[C@@]4(O)[C@@H](C2)N(CCc2ccccc2)CC[C@]314. The quantitative estimate of drug-likeness (QED) is 0.553. The van der Waals surface area contributed by atoms with Gasteiger partial charge in [0.15, 0.2) is 11.5 Å². The van der Waals surface area contributed by atoms with Crippen LogP contribution in [0.3, 0.4) is 0 Å². The van der Waals surface area contributed by atoms with Crippen molar-refractivity contribution >= 4 is 10.0 Å². The number of hydrogen-bond donors (Lipinski definition) is 1. The topological polar surface area (TPSA) is 79.3 Å². The highest BCUT2D eigenvalue weighted by molar-refractivity contribution is 7.88. The molecule has 0 radical (unpaired) electrons. The maximum Gasteiger partial charge on any atom is 0.211 e. The molecule has 2 bridgehead atoms. The highest BCUT2D eigenvalue weighted by Crippen LogP contribution is 2.66. The third-order valence-electron chi connectivity index (χ3n) is 9.62. The molecule has 0 aromatic heterocycles. The Bertz CT molecular complexity index is 1320. The lowest BCUT2D eigenvalue weighted by Gasteiger charge is -2.64. The zero-order chi connectivity index (χ0) is 26.9. The molecular weight excluding hydrogens is 500 g/mol. The number of benzene rings is 2. The van der Waals surface area contributed by atoms with Gasteiger partial charge in [-0.2, -0.15) is 4.31 Å². The Morgan fingerprint density at radius 3 is 2.63 bits per heavy atom. The van der Waals surface area contributed by atoms with E-state index in [1.54, 1.807) is 11.4 Å². The predicted octanol–water partition coefficient (Wildman–Crippen LogP) is 3.38. The van der Waals surface area contributed by atoms with E-state index in [4.69, 9.17) is 9.47 Å². The monoisotopic (exact) mass is 540 g/mol. The molecule has 2 heterocycles. The van der Waals surface area contributed by atoms with Gasteiger partial charge in [0, 0.05) is 24.7 Å². The van der Waals surface area contributed by atoms with E-state index in [1.807, 2.05) is 26.0 Å². The molecule has 2 unspecified atom stereocenters. The van der Waals surface area contributed by atoms with Crippen molar-refractivity contribution in [2.45, 2.75) is 75.2 Å². The molecule has 2 aromatic rings. The number of likely N-dealkylation sites (tertiary alicyclic amines) is 1. The summed E-state index contributed by atoms with van der Waals surface area (Å²) in [6.45, 7) is 6.24. The Morgan fingerprint density at radius 2 is 1.95 bits per heavy atom. The van der Waals surface area contributed by atoms with Crippen molar-refractivity contribution in [1.82, 2.24) is 9.21 Å². The van der Waals surface area contributed by atoms with Crippen molar-refractivity contribution in [1.29, 1.82) is 0 Å². The average Bonchev–Trinajstić information content (AvgIpc) is 3.22. The summed E-state index contributed by atoms with van der Waals surface area (Å²) in [5, 5.41) is 12.8. The van der Waals surface area contributed by atoms with Crippen molar-refractivity contribution in [2.75, 3.05) is 33.0 Å². The molecule has 2 aliphatic heterocycles. The maximum atomic E-state index is 13.1. The average molecular weight is 541 g/mol. The lowest BCUT2D eigenvalue weighted by Crippen LogP contribution is -2.78. The van der Waals surface area contributed by atoms with Crippen molar-refractivity contribution in [3.63, 3.8) is 0 Å². The highest BCUT2D eigenvalue weighted by Gasteiger charge is 2.73. The number of hydrogen-bond acceptors (Lipinski definition) is 6. The minimum absolute atomic E-state index is 0.0457. The van der Waals surface area contributed by atoms with Crippen LogP contribution in [0.1, 0.15) is 49.8 Å². The van der Waals surface area contributed by atoms with E-state index in [0.29, 0.717) is 30.9 Å². The Balaban J connectivity index is 1.44. The molecule has 2 aliphatic carbocycles. The molecule has 1 saturated heterocycles. The normalized spacial score (nSPS) is 31.8. The van der Waals surface area contributed by atoms with Crippen molar-refractivity contribution in [3.8, 4) is 11.5 Å². The van der Waals surface area contributed by atoms with E-state index >= 15 is 0 Å². The van der Waals surface area contributed by atoms with Gasteiger partial charge >= 0.3 is 0 Å². The van der Waals surface area contributed by atoms with Crippen LogP contribution in [-0.4, -0.2) is 79.5 Å².